The molecule has 0 aliphatic carbocycles. The van der Waals surface area contributed by atoms with E-state index in [1.807, 2.05) is 7.11 Å². The van der Waals surface area contributed by atoms with Crippen LogP contribution in [-0.2, 0) is 4.74 Å². The van der Waals surface area contributed by atoms with Crippen LogP contribution in [0.15, 0.2) is 0 Å². The first-order valence-electron chi connectivity index (χ1n) is 5.32. The lowest BCUT2D eigenvalue weighted by Crippen LogP contribution is -2.49. The van der Waals surface area contributed by atoms with Gasteiger partial charge in [-0.15, -0.1) is 0 Å². The zero-order valence-electron chi connectivity index (χ0n) is 9.63. The number of methoxy groups -OCH3 is 1. The van der Waals surface area contributed by atoms with E-state index in [-0.39, 0.29) is 5.54 Å². The molecule has 2 nitrogen and oxygen atoms in total. The van der Waals surface area contributed by atoms with Crippen molar-refractivity contribution in [2.45, 2.75) is 64.8 Å². The SMILES string of the molecule is CC[C@@H]1CCC(OC)N1C(C)(C)C. The van der Waals surface area contributed by atoms with Gasteiger partial charge in [-0.3, -0.25) is 4.90 Å². The van der Waals surface area contributed by atoms with E-state index in [9.17, 15) is 0 Å². The van der Waals surface area contributed by atoms with Crippen molar-refractivity contribution in [1.82, 2.24) is 4.90 Å². The molecule has 1 aliphatic heterocycles. The summed E-state index contributed by atoms with van der Waals surface area (Å²) in [6, 6.07) is 0.713. The molecule has 78 valence electrons. The fraction of sp³-hybridized carbons (Fsp3) is 1.00. The molecule has 2 atom stereocenters. The maximum absolute atomic E-state index is 5.51. The highest BCUT2D eigenvalue weighted by Crippen LogP contribution is 2.33. The Morgan fingerprint density at radius 3 is 2.31 bits per heavy atom. The highest BCUT2D eigenvalue weighted by molar-refractivity contribution is 4.90. The first kappa shape index (κ1) is 11.0. The normalized spacial score (nSPS) is 31.2. The van der Waals surface area contributed by atoms with Crippen LogP contribution in [0.4, 0.5) is 0 Å². The molecule has 2 heteroatoms. The minimum absolute atomic E-state index is 0.234. The topological polar surface area (TPSA) is 12.5 Å². The number of hydrogen-bond donors (Lipinski definition) is 0. The van der Waals surface area contributed by atoms with Gasteiger partial charge in [0.25, 0.3) is 0 Å². The molecule has 0 N–H and O–H groups in total. The predicted molar refractivity (Wildman–Crippen MR) is 55.7 cm³/mol. The zero-order chi connectivity index (χ0) is 10.1. The van der Waals surface area contributed by atoms with Gasteiger partial charge in [0.15, 0.2) is 0 Å². The van der Waals surface area contributed by atoms with Crippen molar-refractivity contribution in [3.63, 3.8) is 0 Å². The van der Waals surface area contributed by atoms with E-state index in [0.717, 1.165) is 0 Å². The van der Waals surface area contributed by atoms with Crippen LogP contribution in [0.2, 0.25) is 0 Å². The summed E-state index contributed by atoms with van der Waals surface area (Å²) < 4.78 is 5.51. The van der Waals surface area contributed by atoms with Gasteiger partial charge in [-0.05, 0) is 40.0 Å². The quantitative estimate of drug-likeness (QED) is 0.655. The Hall–Kier alpha value is -0.0800. The molecule has 0 aromatic rings. The third-order valence-corrected chi connectivity index (χ3v) is 2.97. The Labute approximate surface area is 82.3 Å². The van der Waals surface area contributed by atoms with Crippen molar-refractivity contribution < 1.29 is 4.74 Å². The van der Waals surface area contributed by atoms with Crippen molar-refractivity contribution in [2.24, 2.45) is 0 Å². The molecule has 0 radical (unpaired) electrons. The second-order valence-corrected chi connectivity index (χ2v) is 4.91. The summed E-state index contributed by atoms with van der Waals surface area (Å²) >= 11 is 0. The standard InChI is InChI=1S/C11H23NO/c1-6-9-7-8-10(13-5)12(9)11(2,3)4/h9-10H,6-8H2,1-5H3/t9-,10?/m1/s1. The van der Waals surface area contributed by atoms with Gasteiger partial charge in [0, 0.05) is 18.7 Å². The molecule has 13 heavy (non-hydrogen) atoms. The van der Waals surface area contributed by atoms with Crippen LogP contribution in [0.1, 0.15) is 47.0 Å². The van der Waals surface area contributed by atoms with Crippen LogP contribution in [0.25, 0.3) is 0 Å². The van der Waals surface area contributed by atoms with Crippen LogP contribution in [0.5, 0.6) is 0 Å². The zero-order valence-corrected chi connectivity index (χ0v) is 9.63. The van der Waals surface area contributed by atoms with E-state index < -0.39 is 0 Å². The van der Waals surface area contributed by atoms with Gasteiger partial charge in [-0.1, -0.05) is 6.92 Å². The Morgan fingerprint density at radius 1 is 1.31 bits per heavy atom. The summed E-state index contributed by atoms with van der Waals surface area (Å²) in [6.07, 6.45) is 4.04. The Kier molecular flexibility index (Phi) is 3.36. The van der Waals surface area contributed by atoms with Crippen molar-refractivity contribution >= 4 is 0 Å². The Bertz CT molecular complexity index is 150. The lowest BCUT2D eigenvalue weighted by Gasteiger charge is -2.40. The van der Waals surface area contributed by atoms with Crippen molar-refractivity contribution in [1.29, 1.82) is 0 Å². The molecule has 0 aromatic carbocycles. The van der Waals surface area contributed by atoms with Gasteiger partial charge >= 0.3 is 0 Å². The Balaban J connectivity index is 2.73. The minimum atomic E-state index is 0.234. The number of ether oxygens (including phenoxy) is 1. The number of hydrogen-bond acceptors (Lipinski definition) is 2. The third kappa shape index (κ3) is 2.23. The summed E-state index contributed by atoms with van der Waals surface area (Å²) in [4.78, 5) is 2.52. The smallest absolute Gasteiger partial charge is 0.110 e. The molecular weight excluding hydrogens is 162 g/mol. The lowest BCUT2D eigenvalue weighted by molar-refractivity contribution is -0.0671. The summed E-state index contributed by atoms with van der Waals surface area (Å²) in [6.45, 7) is 9.08. The average Bonchev–Trinajstić information content (AvgIpc) is 2.45. The van der Waals surface area contributed by atoms with Crippen LogP contribution in [0.3, 0.4) is 0 Å². The van der Waals surface area contributed by atoms with Gasteiger partial charge < -0.3 is 4.74 Å². The molecule has 1 rings (SSSR count). The highest BCUT2D eigenvalue weighted by atomic mass is 16.5. The lowest BCUT2D eigenvalue weighted by atomic mass is 10.0. The molecule has 0 bridgehead atoms. The number of nitrogens with zero attached hydrogens (tertiary/aromatic N) is 1. The van der Waals surface area contributed by atoms with Gasteiger partial charge in [-0.25, -0.2) is 0 Å². The number of likely N-dealkylation sites (tertiary alicyclic amines) is 1. The maximum atomic E-state index is 5.51. The van der Waals surface area contributed by atoms with Crippen LogP contribution in [-0.4, -0.2) is 29.8 Å². The second kappa shape index (κ2) is 3.97. The second-order valence-electron chi connectivity index (χ2n) is 4.91. The van der Waals surface area contributed by atoms with Crippen molar-refractivity contribution in [3.05, 3.63) is 0 Å². The third-order valence-electron chi connectivity index (χ3n) is 2.97. The van der Waals surface area contributed by atoms with E-state index in [4.69, 9.17) is 4.74 Å². The van der Waals surface area contributed by atoms with E-state index in [2.05, 4.69) is 32.6 Å². The van der Waals surface area contributed by atoms with Gasteiger partial charge in [0.1, 0.15) is 6.23 Å². The maximum Gasteiger partial charge on any atom is 0.110 e. The molecule has 1 unspecified atom stereocenters. The van der Waals surface area contributed by atoms with Crippen molar-refractivity contribution in [2.75, 3.05) is 7.11 Å². The fourth-order valence-electron chi connectivity index (χ4n) is 2.46. The molecule has 0 amide bonds. The predicted octanol–water partition coefficient (Wildman–Crippen LogP) is 2.63. The summed E-state index contributed by atoms with van der Waals surface area (Å²) in [7, 11) is 1.82. The average molecular weight is 185 g/mol. The largest absolute Gasteiger partial charge is 0.366 e. The van der Waals surface area contributed by atoms with Gasteiger partial charge in [0.05, 0.1) is 0 Å². The first-order valence-corrected chi connectivity index (χ1v) is 5.32. The van der Waals surface area contributed by atoms with Crippen molar-refractivity contribution in [3.8, 4) is 0 Å². The molecule has 0 saturated carbocycles. The van der Waals surface area contributed by atoms with E-state index >= 15 is 0 Å². The van der Waals surface area contributed by atoms with E-state index in [1.54, 1.807) is 0 Å². The monoisotopic (exact) mass is 185 g/mol. The Morgan fingerprint density at radius 2 is 1.92 bits per heavy atom. The van der Waals surface area contributed by atoms with E-state index in [1.165, 1.54) is 19.3 Å². The molecule has 1 heterocycles. The van der Waals surface area contributed by atoms with Crippen LogP contribution in [0, 0.1) is 0 Å². The fourth-order valence-corrected chi connectivity index (χ4v) is 2.46. The highest BCUT2D eigenvalue weighted by Gasteiger charge is 2.38. The molecule has 1 saturated heterocycles. The number of rotatable bonds is 2. The van der Waals surface area contributed by atoms with E-state index in [0.29, 0.717) is 12.3 Å². The van der Waals surface area contributed by atoms with Gasteiger partial charge in [0.2, 0.25) is 0 Å². The first-order chi connectivity index (χ1) is 6.00. The molecule has 0 aromatic heterocycles. The van der Waals surface area contributed by atoms with Crippen LogP contribution >= 0.6 is 0 Å². The minimum Gasteiger partial charge on any atom is -0.366 e. The molecule has 1 aliphatic rings. The van der Waals surface area contributed by atoms with Gasteiger partial charge in [-0.2, -0.15) is 0 Å². The molecular formula is C11H23NO. The summed E-state index contributed by atoms with van der Waals surface area (Å²) in [5, 5.41) is 0. The summed E-state index contributed by atoms with van der Waals surface area (Å²) in [5.74, 6) is 0. The van der Waals surface area contributed by atoms with Crippen LogP contribution < -0.4 is 0 Å². The summed E-state index contributed by atoms with van der Waals surface area (Å²) in [5.41, 5.74) is 0.234. The molecule has 0 spiro atoms. The molecule has 1 fully saturated rings.